The quantitative estimate of drug-likeness (QED) is 0.414. The van der Waals surface area contributed by atoms with Crippen LogP contribution in [0.15, 0.2) is 24.4 Å². The van der Waals surface area contributed by atoms with E-state index in [0.29, 0.717) is 18.8 Å². The molecule has 240 valence electrons. The number of hydrogen-bond donors (Lipinski definition) is 3. The zero-order chi connectivity index (χ0) is 32.3. The summed E-state index contributed by atoms with van der Waals surface area (Å²) in [7, 11) is 0. The van der Waals surface area contributed by atoms with Crippen LogP contribution in [0.2, 0.25) is 0 Å². The average molecular weight is 629 g/mol. The fourth-order valence-electron chi connectivity index (χ4n) is 3.70. The molecule has 0 bridgehead atoms. The zero-order valence-corrected chi connectivity index (χ0v) is 21.6. The van der Waals surface area contributed by atoms with Crippen molar-refractivity contribution in [2.75, 3.05) is 32.7 Å². The number of nitrogens with zero attached hydrogens (tertiary/aromatic N) is 3. The predicted octanol–water partition coefficient (Wildman–Crippen LogP) is 3.67. The van der Waals surface area contributed by atoms with Gasteiger partial charge in [-0.1, -0.05) is 6.07 Å². The fraction of sp³-hybridized carbons (Fsp3) is 0.652. The molecule has 1 aromatic heterocycles. The van der Waals surface area contributed by atoms with Crippen LogP contribution in [0.4, 0.5) is 39.5 Å². The first kappa shape index (κ1) is 36.8. The second-order valence-electron chi connectivity index (χ2n) is 9.25. The van der Waals surface area contributed by atoms with Gasteiger partial charge in [-0.05, 0) is 37.3 Å². The predicted molar refractivity (Wildman–Crippen MR) is 123 cm³/mol. The number of carboxylic acids is 3. The summed E-state index contributed by atoms with van der Waals surface area (Å²) >= 11 is 0. The molecule has 3 heterocycles. The highest BCUT2D eigenvalue weighted by atomic mass is 19.4. The van der Waals surface area contributed by atoms with Crippen LogP contribution >= 0.6 is 0 Å². The van der Waals surface area contributed by atoms with E-state index in [1.165, 1.54) is 45.4 Å². The summed E-state index contributed by atoms with van der Waals surface area (Å²) in [6.45, 7) is 6.82. The molecule has 3 N–H and O–H groups in total. The molecule has 2 atom stereocenters. The van der Waals surface area contributed by atoms with E-state index in [0.717, 1.165) is 18.2 Å². The van der Waals surface area contributed by atoms with E-state index < -0.39 is 36.4 Å². The van der Waals surface area contributed by atoms with Crippen LogP contribution in [-0.4, -0.2) is 111 Å². The Bertz CT molecular complexity index is 947. The molecule has 3 fully saturated rings. The lowest BCUT2D eigenvalue weighted by Gasteiger charge is -2.37. The minimum absolute atomic E-state index is 0.387. The summed E-state index contributed by atoms with van der Waals surface area (Å²) in [5, 5.41) is 21.4. The number of ether oxygens (including phenoxy) is 1. The second-order valence-corrected chi connectivity index (χ2v) is 9.25. The van der Waals surface area contributed by atoms with Gasteiger partial charge in [0.25, 0.3) is 0 Å². The largest absolute Gasteiger partial charge is 0.490 e. The highest BCUT2D eigenvalue weighted by molar-refractivity contribution is 5.73. The summed E-state index contributed by atoms with van der Waals surface area (Å²) in [6, 6.07) is 6.73. The third-order valence-electron chi connectivity index (χ3n) is 5.80. The second kappa shape index (κ2) is 15.9. The topological polar surface area (TPSA) is 140 Å². The molecule has 3 aliphatic rings. The summed E-state index contributed by atoms with van der Waals surface area (Å²) in [4.78, 5) is 36.3. The number of aliphatic carboxylic acids is 3. The molecule has 1 aliphatic carbocycles. The number of fused-ring (bicyclic) bond motifs is 1. The zero-order valence-electron chi connectivity index (χ0n) is 21.6. The van der Waals surface area contributed by atoms with E-state index in [9.17, 15) is 39.5 Å². The minimum Gasteiger partial charge on any atom is -0.475 e. The molecule has 42 heavy (non-hydrogen) atoms. The summed E-state index contributed by atoms with van der Waals surface area (Å²) in [6.07, 6.45) is -8.92. The number of piperazine rings is 1. The van der Waals surface area contributed by atoms with Gasteiger partial charge < -0.3 is 25.0 Å². The standard InChI is InChI=1S/C17H25N3O.3C2HF3O2/c1-2-6-18-15(3-1)13-21-17-9-16-11-19(10-14-4-5-14)7-8-20(16)12-17;3*3-2(4,5)1(6)7/h1-3,6,14,16-17H,4-5,7-13H2;3*(H,6,7). The molecule has 0 radical (unpaired) electrons. The van der Waals surface area contributed by atoms with Crippen molar-refractivity contribution in [1.29, 1.82) is 0 Å². The molecule has 2 aliphatic heterocycles. The van der Waals surface area contributed by atoms with Gasteiger partial charge in [0.2, 0.25) is 0 Å². The lowest BCUT2D eigenvalue weighted by atomic mass is 10.1. The number of carbonyl (C=O) groups is 3. The summed E-state index contributed by atoms with van der Waals surface area (Å²) in [5.41, 5.74) is 1.04. The molecule has 19 heteroatoms. The Balaban J connectivity index is 0.000000348. The molecule has 0 spiro atoms. The first-order chi connectivity index (χ1) is 19.2. The summed E-state index contributed by atoms with van der Waals surface area (Å²) in [5.74, 6) is -7.26. The van der Waals surface area contributed by atoms with Crippen LogP contribution < -0.4 is 0 Å². The lowest BCUT2D eigenvalue weighted by Crippen LogP contribution is -2.50. The van der Waals surface area contributed by atoms with Crippen LogP contribution in [0.25, 0.3) is 0 Å². The van der Waals surface area contributed by atoms with Gasteiger partial charge >= 0.3 is 36.4 Å². The Morgan fingerprint density at radius 1 is 0.833 bits per heavy atom. The Morgan fingerprint density at radius 2 is 1.33 bits per heavy atom. The van der Waals surface area contributed by atoms with Gasteiger partial charge in [-0.25, -0.2) is 14.4 Å². The number of carboxylic acid groups (broad SMARTS) is 3. The smallest absolute Gasteiger partial charge is 0.475 e. The highest BCUT2D eigenvalue weighted by Gasteiger charge is 2.40. The molecule has 10 nitrogen and oxygen atoms in total. The van der Waals surface area contributed by atoms with E-state index in [1.807, 2.05) is 24.4 Å². The SMILES string of the molecule is O=C(O)C(F)(F)F.O=C(O)C(F)(F)F.O=C(O)C(F)(F)F.c1ccc(COC2CC3CN(CC4CC4)CCN3C2)nc1. The van der Waals surface area contributed by atoms with Crippen LogP contribution in [0, 0.1) is 5.92 Å². The fourth-order valence-corrected chi connectivity index (χ4v) is 3.70. The first-order valence-electron chi connectivity index (χ1n) is 12.1. The van der Waals surface area contributed by atoms with E-state index in [-0.39, 0.29) is 0 Å². The number of rotatable bonds is 5. The maximum absolute atomic E-state index is 10.6. The van der Waals surface area contributed by atoms with Crippen LogP contribution in [0.5, 0.6) is 0 Å². The molecule has 1 saturated carbocycles. The highest BCUT2D eigenvalue weighted by Crippen LogP contribution is 2.32. The van der Waals surface area contributed by atoms with Crippen molar-refractivity contribution in [1.82, 2.24) is 14.8 Å². The van der Waals surface area contributed by atoms with Crippen molar-refractivity contribution in [3.63, 3.8) is 0 Å². The average Bonchev–Trinajstić information content (AvgIpc) is 3.58. The minimum atomic E-state index is -5.08. The molecular weight excluding hydrogens is 601 g/mol. The Morgan fingerprint density at radius 3 is 1.74 bits per heavy atom. The van der Waals surface area contributed by atoms with Crippen molar-refractivity contribution < 1.29 is 74.0 Å². The molecule has 4 rings (SSSR count). The third kappa shape index (κ3) is 15.2. The number of pyridine rings is 1. The van der Waals surface area contributed by atoms with Crippen molar-refractivity contribution in [2.24, 2.45) is 5.92 Å². The van der Waals surface area contributed by atoms with Gasteiger partial charge in [0.05, 0.1) is 18.4 Å². The van der Waals surface area contributed by atoms with Crippen LogP contribution in [0.1, 0.15) is 25.0 Å². The normalized spacial score (nSPS) is 20.9. The number of alkyl halides is 9. The number of hydrogen-bond acceptors (Lipinski definition) is 7. The first-order valence-corrected chi connectivity index (χ1v) is 12.1. The van der Waals surface area contributed by atoms with E-state index in [1.54, 1.807) is 0 Å². The molecule has 2 unspecified atom stereocenters. The number of halogens is 9. The van der Waals surface area contributed by atoms with Crippen molar-refractivity contribution in [2.45, 2.75) is 56.5 Å². The Hall–Kier alpha value is -3.19. The monoisotopic (exact) mass is 629 g/mol. The van der Waals surface area contributed by atoms with E-state index in [4.69, 9.17) is 34.4 Å². The molecule has 2 saturated heterocycles. The van der Waals surface area contributed by atoms with Crippen molar-refractivity contribution >= 4 is 17.9 Å². The third-order valence-corrected chi connectivity index (χ3v) is 5.80. The van der Waals surface area contributed by atoms with Gasteiger partial charge in [0.15, 0.2) is 0 Å². The van der Waals surface area contributed by atoms with Crippen molar-refractivity contribution in [3.8, 4) is 0 Å². The summed E-state index contributed by atoms with van der Waals surface area (Å²) < 4.78 is 101. The van der Waals surface area contributed by atoms with Gasteiger partial charge in [0, 0.05) is 45.0 Å². The van der Waals surface area contributed by atoms with Crippen LogP contribution in [0.3, 0.4) is 0 Å². The maximum Gasteiger partial charge on any atom is 0.490 e. The van der Waals surface area contributed by atoms with E-state index >= 15 is 0 Å². The van der Waals surface area contributed by atoms with E-state index in [2.05, 4.69) is 14.8 Å². The Labute approximate surface area is 232 Å². The molecule has 0 amide bonds. The molecule has 0 aromatic carbocycles. The lowest BCUT2D eigenvalue weighted by molar-refractivity contribution is -0.193. The Kier molecular flexibility index (Phi) is 13.9. The van der Waals surface area contributed by atoms with Gasteiger partial charge in [-0.3, -0.25) is 9.88 Å². The van der Waals surface area contributed by atoms with Crippen LogP contribution in [-0.2, 0) is 25.7 Å². The molecule has 1 aromatic rings. The van der Waals surface area contributed by atoms with Gasteiger partial charge in [0.1, 0.15) is 0 Å². The van der Waals surface area contributed by atoms with Crippen molar-refractivity contribution in [3.05, 3.63) is 30.1 Å². The van der Waals surface area contributed by atoms with Gasteiger partial charge in [-0.2, -0.15) is 39.5 Å². The van der Waals surface area contributed by atoms with Gasteiger partial charge in [-0.15, -0.1) is 0 Å². The number of aromatic nitrogens is 1. The maximum atomic E-state index is 10.6. The molecular formula is C23H28F9N3O7.